The Morgan fingerprint density at radius 2 is 2.00 bits per heavy atom. The van der Waals surface area contributed by atoms with Crippen molar-refractivity contribution >= 4 is 23.6 Å². The average Bonchev–Trinajstić information content (AvgIpc) is 2.84. The summed E-state index contributed by atoms with van der Waals surface area (Å²) in [4.78, 5) is 33.3. The third kappa shape index (κ3) is 3.75. The standard InChI is InChI=1S/C12H13N3O6/c13-10(16)4-7(11(17)18)15-12(19)14-6-1-2-8-9(3-6)21-5-20-8/h1-3,7H,4-5H2,(H2,13,16)(H,17,18)(H2,14,15,19). The van der Waals surface area contributed by atoms with Crippen LogP contribution >= 0.6 is 0 Å². The molecular formula is C12H13N3O6. The van der Waals surface area contributed by atoms with Crippen molar-refractivity contribution in [1.82, 2.24) is 5.32 Å². The molecule has 0 saturated carbocycles. The SMILES string of the molecule is NC(=O)CC(NC(=O)Nc1ccc2c(c1)OCO2)C(=O)O. The Bertz CT molecular complexity index is 588. The van der Waals surface area contributed by atoms with Gasteiger partial charge in [-0.25, -0.2) is 9.59 Å². The van der Waals surface area contributed by atoms with E-state index >= 15 is 0 Å². The number of amides is 3. The summed E-state index contributed by atoms with van der Waals surface area (Å²) in [6.07, 6.45) is -0.496. The smallest absolute Gasteiger partial charge is 0.326 e. The van der Waals surface area contributed by atoms with Crippen LogP contribution in [-0.4, -0.2) is 35.8 Å². The predicted octanol–water partition coefficient (Wildman–Crippen LogP) is -0.135. The van der Waals surface area contributed by atoms with Gasteiger partial charge in [0.05, 0.1) is 6.42 Å². The van der Waals surface area contributed by atoms with E-state index in [1.807, 2.05) is 0 Å². The first-order valence-electron chi connectivity index (χ1n) is 5.94. The number of rotatable bonds is 5. The van der Waals surface area contributed by atoms with E-state index in [-0.39, 0.29) is 6.79 Å². The molecular weight excluding hydrogens is 282 g/mol. The van der Waals surface area contributed by atoms with Crippen LogP contribution in [0.15, 0.2) is 18.2 Å². The van der Waals surface area contributed by atoms with E-state index in [2.05, 4.69) is 10.6 Å². The fraction of sp³-hybridized carbons (Fsp3) is 0.250. The lowest BCUT2D eigenvalue weighted by atomic mass is 10.2. The molecule has 1 aromatic rings. The number of nitrogens with two attached hydrogens (primary N) is 1. The van der Waals surface area contributed by atoms with Crippen LogP contribution in [0.2, 0.25) is 0 Å². The van der Waals surface area contributed by atoms with Crippen molar-refractivity contribution in [2.45, 2.75) is 12.5 Å². The lowest BCUT2D eigenvalue weighted by molar-refractivity contribution is -0.140. The zero-order chi connectivity index (χ0) is 15.4. The van der Waals surface area contributed by atoms with Crippen molar-refractivity contribution in [3.63, 3.8) is 0 Å². The zero-order valence-electron chi connectivity index (χ0n) is 10.8. The molecule has 0 bridgehead atoms. The molecule has 5 N–H and O–H groups in total. The lowest BCUT2D eigenvalue weighted by Gasteiger charge is -2.13. The van der Waals surface area contributed by atoms with E-state index in [0.29, 0.717) is 17.2 Å². The topological polar surface area (TPSA) is 140 Å². The zero-order valence-corrected chi connectivity index (χ0v) is 10.8. The van der Waals surface area contributed by atoms with Crippen molar-refractivity contribution in [3.05, 3.63) is 18.2 Å². The van der Waals surface area contributed by atoms with Crippen molar-refractivity contribution in [2.24, 2.45) is 5.73 Å². The van der Waals surface area contributed by atoms with Crippen LogP contribution in [0.5, 0.6) is 11.5 Å². The van der Waals surface area contributed by atoms with Gasteiger partial charge in [-0.15, -0.1) is 0 Å². The highest BCUT2D eigenvalue weighted by molar-refractivity contribution is 5.94. The molecule has 1 atom stereocenters. The Morgan fingerprint density at radius 1 is 1.29 bits per heavy atom. The number of benzene rings is 1. The molecule has 0 fully saturated rings. The molecule has 9 heteroatoms. The highest BCUT2D eigenvalue weighted by Gasteiger charge is 2.22. The largest absolute Gasteiger partial charge is 0.480 e. The van der Waals surface area contributed by atoms with Gasteiger partial charge in [0.1, 0.15) is 6.04 Å². The predicted molar refractivity (Wildman–Crippen MR) is 70.0 cm³/mol. The number of carbonyl (C=O) groups excluding carboxylic acids is 2. The number of nitrogens with one attached hydrogen (secondary N) is 2. The van der Waals surface area contributed by atoms with Crippen LogP contribution in [0, 0.1) is 0 Å². The van der Waals surface area contributed by atoms with Gasteiger partial charge < -0.3 is 30.9 Å². The maximum atomic E-state index is 11.7. The highest BCUT2D eigenvalue weighted by Crippen LogP contribution is 2.34. The van der Waals surface area contributed by atoms with Gasteiger partial charge in [-0.3, -0.25) is 4.79 Å². The minimum atomic E-state index is -1.39. The third-order valence-corrected chi connectivity index (χ3v) is 2.64. The number of hydrogen-bond donors (Lipinski definition) is 4. The first kappa shape index (κ1) is 14.4. The van der Waals surface area contributed by atoms with Crippen LogP contribution in [0.3, 0.4) is 0 Å². The number of urea groups is 1. The molecule has 0 saturated heterocycles. The highest BCUT2D eigenvalue weighted by atomic mass is 16.7. The summed E-state index contributed by atoms with van der Waals surface area (Å²) in [7, 11) is 0. The molecule has 0 aromatic heterocycles. The van der Waals surface area contributed by atoms with Gasteiger partial charge in [0.2, 0.25) is 12.7 Å². The average molecular weight is 295 g/mol. The first-order chi connectivity index (χ1) is 9.95. The van der Waals surface area contributed by atoms with Crippen LogP contribution in [-0.2, 0) is 9.59 Å². The van der Waals surface area contributed by atoms with E-state index < -0.39 is 30.4 Å². The van der Waals surface area contributed by atoms with Crippen LogP contribution < -0.4 is 25.8 Å². The van der Waals surface area contributed by atoms with E-state index in [0.717, 1.165) is 0 Å². The van der Waals surface area contributed by atoms with Gasteiger partial charge >= 0.3 is 12.0 Å². The minimum absolute atomic E-state index is 0.102. The van der Waals surface area contributed by atoms with Crippen molar-refractivity contribution in [1.29, 1.82) is 0 Å². The Labute approximate surface area is 119 Å². The molecule has 1 heterocycles. The summed E-state index contributed by atoms with van der Waals surface area (Å²) in [6.45, 7) is 0.102. The van der Waals surface area contributed by atoms with Gasteiger partial charge in [0.15, 0.2) is 11.5 Å². The van der Waals surface area contributed by atoms with E-state index in [1.165, 1.54) is 6.07 Å². The summed E-state index contributed by atoms with van der Waals surface area (Å²) in [5, 5.41) is 13.4. The third-order valence-electron chi connectivity index (χ3n) is 2.64. The Hall–Kier alpha value is -2.97. The van der Waals surface area contributed by atoms with Crippen LogP contribution in [0.25, 0.3) is 0 Å². The molecule has 112 valence electrons. The Balaban J connectivity index is 1.97. The minimum Gasteiger partial charge on any atom is -0.480 e. The number of ether oxygens (including phenoxy) is 2. The molecule has 2 rings (SSSR count). The van der Waals surface area contributed by atoms with E-state index in [1.54, 1.807) is 12.1 Å². The lowest BCUT2D eigenvalue weighted by Crippen LogP contribution is -2.45. The van der Waals surface area contributed by atoms with Gasteiger partial charge in [-0.05, 0) is 12.1 Å². The summed E-state index contributed by atoms with van der Waals surface area (Å²) >= 11 is 0. The molecule has 0 spiro atoms. The first-order valence-corrected chi connectivity index (χ1v) is 5.94. The number of fused-ring (bicyclic) bond motifs is 1. The van der Waals surface area contributed by atoms with Crippen molar-refractivity contribution in [2.75, 3.05) is 12.1 Å². The van der Waals surface area contributed by atoms with Gasteiger partial charge in [-0.2, -0.15) is 0 Å². The van der Waals surface area contributed by atoms with Gasteiger partial charge in [0.25, 0.3) is 0 Å². The molecule has 1 aliphatic rings. The number of hydrogen-bond acceptors (Lipinski definition) is 5. The summed E-state index contributed by atoms with van der Waals surface area (Å²) in [6, 6.07) is 2.54. The molecule has 9 nitrogen and oxygen atoms in total. The van der Waals surface area contributed by atoms with E-state index in [4.69, 9.17) is 20.3 Å². The van der Waals surface area contributed by atoms with Gasteiger partial charge in [0, 0.05) is 11.8 Å². The summed E-state index contributed by atoms with van der Waals surface area (Å²) < 4.78 is 10.3. The maximum Gasteiger partial charge on any atom is 0.326 e. The van der Waals surface area contributed by atoms with Crippen LogP contribution in [0.1, 0.15) is 6.42 Å². The quantitative estimate of drug-likeness (QED) is 0.596. The number of anilines is 1. The number of primary amides is 1. The second-order valence-corrected chi connectivity index (χ2v) is 4.23. The van der Waals surface area contributed by atoms with Crippen molar-refractivity contribution < 1.29 is 29.0 Å². The Morgan fingerprint density at radius 3 is 2.67 bits per heavy atom. The molecule has 0 aliphatic carbocycles. The monoisotopic (exact) mass is 295 g/mol. The number of carboxylic acid groups (broad SMARTS) is 1. The maximum absolute atomic E-state index is 11.7. The van der Waals surface area contributed by atoms with Gasteiger partial charge in [-0.1, -0.05) is 0 Å². The number of carboxylic acids is 1. The molecule has 21 heavy (non-hydrogen) atoms. The molecule has 1 unspecified atom stereocenters. The fourth-order valence-electron chi connectivity index (χ4n) is 1.70. The number of aliphatic carboxylic acids is 1. The molecule has 1 aromatic carbocycles. The van der Waals surface area contributed by atoms with E-state index in [9.17, 15) is 14.4 Å². The second-order valence-electron chi connectivity index (χ2n) is 4.23. The summed E-state index contributed by atoms with van der Waals surface area (Å²) in [5.74, 6) is -1.15. The molecule has 1 aliphatic heterocycles. The Kier molecular flexibility index (Phi) is 4.12. The molecule has 3 amide bonds. The van der Waals surface area contributed by atoms with Crippen molar-refractivity contribution in [3.8, 4) is 11.5 Å². The van der Waals surface area contributed by atoms with Crippen LogP contribution in [0.4, 0.5) is 10.5 Å². The fourth-order valence-corrected chi connectivity index (χ4v) is 1.70. The number of carbonyl (C=O) groups is 3. The normalized spacial score (nSPS) is 13.3. The second kappa shape index (κ2) is 5.99. The summed E-state index contributed by atoms with van der Waals surface area (Å²) in [5.41, 5.74) is 5.31. The molecule has 0 radical (unpaired) electrons.